The second-order valence-electron chi connectivity index (χ2n) is 5.03. The van der Waals surface area contributed by atoms with Crippen LogP contribution in [0.15, 0.2) is 0 Å². The zero-order chi connectivity index (χ0) is 13.1. The molecule has 0 aromatic carbocycles. The summed E-state index contributed by atoms with van der Waals surface area (Å²) in [5.41, 5.74) is 0. The molecule has 0 spiro atoms. The fourth-order valence-corrected chi connectivity index (χ4v) is 1.88. The second kappa shape index (κ2) is 10.6. The first-order chi connectivity index (χ1) is 8.09. The molecular weight excluding hydrogens is 212 g/mol. The predicted molar refractivity (Wildman–Crippen MR) is 74.2 cm³/mol. The van der Waals surface area contributed by atoms with E-state index >= 15 is 0 Å². The van der Waals surface area contributed by atoms with E-state index in [-0.39, 0.29) is 11.9 Å². The number of nitrogens with one attached hydrogen (secondary N) is 1. The molecule has 3 nitrogen and oxygen atoms in total. The Bertz CT molecular complexity index is 193. The highest BCUT2D eigenvalue weighted by atomic mass is 16.2. The number of carbonyl (C=O) groups excluding carboxylic acids is 1. The number of unbranched alkanes of at least 4 members (excludes halogenated alkanes) is 6. The first-order valence-electron chi connectivity index (χ1n) is 7.04. The molecule has 0 saturated heterocycles. The van der Waals surface area contributed by atoms with Crippen LogP contribution in [0.2, 0.25) is 0 Å². The van der Waals surface area contributed by atoms with Crippen LogP contribution in [0.3, 0.4) is 0 Å². The average Bonchev–Trinajstić information content (AvgIpc) is 2.31. The summed E-state index contributed by atoms with van der Waals surface area (Å²) in [5, 5.41) is 3.27. The molecule has 0 bridgehead atoms. The minimum atomic E-state index is -0.0508. The van der Waals surface area contributed by atoms with E-state index in [1.807, 2.05) is 6.92 Å². The van der Waals surface area contributed by atoms with Crippen LogP contribution in [0.5, 0.6) is 0 Å². The first kappa shape index (κ1) is 16.4. The third-order valence-electron chi connectivity index (χ3n) is 3.04. The Hall–Kier alpha value is -0.570. The topological polar surface area (TPSA) is 32.3 Å². The van der Waals surface area contributed by atoms with Crippen LogP contribution in [0, 0.1) is 0 Å². The zero-order valence-corrected chi connectivity index (χ0v) is 12.1. The highest BCUT2D eigenvalue weighted by Gasteiger charge is 2.12. The standard InChI is InChI=1S/C14H30N2O/c1-5-6-7-8-9-10-11-12-15-13(2)14(17)16(3)4/h13,15H,5-12H2,1-4H3. The van der Waals surface area contributed by atoms with Crippen LogP contribution in [-0.4, -0.2) is 37.5 Å². The molecular formula is C14H30N2O. The van der Waals surface area contributed by atoms with E-state index in [1.165, 1.54) is 44.9 Å². The van der Waals surface area contributed by atoms with Gasteiger partial charge in [-0.2, -0.15) is 0 Å². The molecule has 1 N–H and O–H groups in total. The second-order valence-corrected chi connectivity index (χ2v) is 5.03. The third kappa shape index (κ3) is 9.16. The fraction of sp³-hybridized carbons (Fsp3) is 0.929. The molecule has 0 rings (SSSR count). The molecule has 102 valence electrons. The van der Waals surface area contributed by atoms with Crippen LogP contribution in [-0.2, 0) is 4.79 Å². The number of rotatable bonds is 10. The molecule has 17 heavy (non-hydrogen) atoms. The lowest BCUT2D eigenvalue weighted by atomic mass is 10.1. The van der Waals surface area contributed by atoms with Gasteiger partial charge < -0.3 is 10.2 Å². The Labute approximate surface area is 107 Å². The Morgan fingerprint density at radius 1 is 1.06 bits per heavy atom. The molecule has 1 amide bonds. The van der Waals surface area contributed by atoms with Crippen LogP contribution >= 0.6 is 0 Å². The normalized spacial score (nSPS) is 12.5. The first-order valence-corrected chi connectivity index (χ1v) is 7.04. The van der Waals surface area contributed by atoms with Gasteiger partial charge in [-0.05, 0) is 19.9 Å². The van der Waals surface area contributed by atoms with Gasteiger partial charge in [0.15, 0.2) is 0 Å². The fourth-order valence-electron chi connectivity index (χ4n) is 1.88. The predicted octanol–water partition coefficient (Wildman–Crippen LogP) is 2.80. The van der Waals surface area contributed by atoms with Crippen LogP contribution in [0.1, 0.15) is 58.8 Å². The summed E-state index contributed by atoms with van der Waals surface area (Å²) in [6.07, 6.45) is 9.20. The number of hydrogen-bond acceptors (Lipinski definition) is 2. The van der Waals surface area contributed by atoms with Gasteiger partial charge >= 0.3 is 0 Å². The molecule has 0 aromatic heterocycles. The number of likely N-dealkylation sites (N-methyl/N-ethyl adjacent to an activating group) is 1. The van der Waals surface area contributed by atoms with Gasteiger partial charge in [0, 0.05) is 14.1 Å². The van der Waals surface area contributed by atoms with Crippen molar-refractivity contribution < 1.29 is 4.79 Å². The SMILES string of the molecule is CCCCCCCCCNC(C)C(=O)N(C)C. The lowest BCUT2D eigenvalue weighted by Crippen LogP contribution is -2.41. The van der Waals surface area contributed by atoms with Gasteiger partial charge in [0.1, 0.15) is 0 Å². The Kier molecular flexibility index (Phi) is 10.2. The maximum Gasteiger partial charge on any atom is 0.238 e. The summed E-state index contributed by atoms with van der Waals surface area (Å²) >= 11 is 0. The summed E-state index contributed by atoms with van der Waals surface area (Å²) in [6, 6.07) is -0.0508. The summed E-state index contributed by atoms with van der Waals surface area (Å²) in [4.78, 5) is 13.2. The zero-order valence-electron chi connectivity index (χ0n) is 12.1. The van der Waals surface area contributed by atoms with E-state index in [1.54, 1.807) is 19.0 Å². The van der Waals surface area contributed by atoms with Crippen LogP contribution in [0.25, 0.3) is 0 Å². The molecule has 0 aliphatic carbocycles. The van der Waals surface area contributed by atoms with E-state index in [9.17, 15) is 4.79 Å². The van der Waals surface area contributed by atoms with Crippen molar-refractivity contribution in [3.8, 4) is 0 Å². The highest BCUT2D eigenvalue weighted by molar-refractivity contribution is 5.80. The molecule has 1 atom stereocenters. The summed E-state index contributed by atoms with van der Waals surface area (Å²) in [5.74, 6) is 0.160. The lowest BCUT2D eigenvalue weighted by molar-refractivity contribution is -0.130. The number of carbonyl (C=O) groups is 1. The molecule has 0 heterocycles. The quantitative estimate of drug-likeness (QED) is 0.597. The molecule has 0 fully saturated rings. The maximum absolute atomic E-state index is 11.5. The van der Waals surface area contributed by atoms with Crippen LogP contribution in [0.4, 0.5) is 0 Å². The van der Waals surface area contributed by atoms with Crippen molar-refractivity contribution >= 4 is 5.91 Å². The van der Waals surface area contributed by atoms with Gasteiger partial charge in [0.2, 0.25) is 5.91 Å². The van der Waals surface area contributed by atoms with Crippen molar-refractivity contribution in [2.75, 3.05) is 20.6 Å². The van der Waals surface area contributed by atoms with Crippen molar-refractivity contribution in [1.82, 2.24) is 10.2 Å². The Morgan fingerprint density at radius 3 is 2.12 bits per heavy atom. The van der Waals surface area contributed by atoms with Gasteiger partial charge in [0.25, 0.3) is 0 Å². The van der Waals surface area contributed by atoms with Crippen LogP contribution < -0.4 is 5.32 Å². The molecule has 0 aliphatic heterocycles. The van der Waals surface area contributed by atoms with Crippen molar-refractivity contribution in [2.24, 2.45) is 0 Å². The number of nitrogens with zero attached hydrogens (tertiary/aromatic N) is 1. The summed E-state index contributed by atoms with van der Waals surface area (Å²) < 4.78 is 0. The summed E-state index contributed by atoms with van der Waals surface area (Å²) in [7, 11) is 3.60. The van der Waals surface area contributed by atoms with E-state index in [2.05, 4.69) is 12.2 Å². The molecule has 1 unspecified atom stereocenters. The van der Waals surface area contributed by atoms with Gasteiger partial charge in [-0.1, -0.05) is 45.4 Å². The highest BCUT2D eigenvalue weighted by Crippen LogP contribution is 2.06. The summed E-state index contributed by atoms with van der Waals surface area (Å²) in [6.45, 7) is 5.13. The molecule has 0 saturated carbocycles. The minimum absolute atomic E-state index is 0.0508. The maximum atomic E-state index is 11.5. The van der Waals surface area contributed by atoms with E-state index in [0.29, 0.717) is 0 Å². The largest absolute Gasteiger partial charge is 0.347 e. The van der Waals surface area contributed by atoms with E-state index < -0.39 is 0 Å². The van der Waals surface area contributed by atoms with Gasteiger partial charge in [-0.25, -0.2) is 0 Å². The van der Waals surface area contributed by atoms with Crippen molar-refractivity contribution in [2.45, 2.75) is 64.8 Å². The third-order valence-corrected chi connectivity index (χ3v) is 3.04. The smallest absolute Gasteiger partial charge is 0.238 e. The average molecular weight is 242 g/mol. The van der Waals surface area contributed by atoms with Crippen molar-refractivity contribution in [1.29, 1.82) is 0 Å². The minimum Gasteiger partial charge on any atom is -0.347 e. The molecule has 3 heteroatoms. The Balaban J connectivity index is 3.30. The van der Waals surface area contributed by atoms with Gasteiger partial charge in [-0.15, -0.1) is 0 Å². The van der Waals surface area contributed by atoms with E-state index in [4.69, 9.17) is 0 Å². The molecule has 0 aliphatic rings. The van der Waals surface area contributed by atoms with Gasteiger partial charge in [0.05, 0.1) is 6.04 Å². The van der Waals surface area contributed by atoms with Gasteiger partial charge in [-0.3, -0.25) is 4.79 Å². The molecule has 0 radical (unpaired) electrons. The number of amides is 1. The Morgan fingerprint density at radius 2 is 1.59 bits per heavy atom. The van der Waals surface area contributed by atoms with Crippen molar-refractivity contribution in [3.05, 3.63) is 0 Å². The van der Waals surface area contributed by atoms with E-state index in [0.717, 1.165) is 6.54 Å². The molecule has 0 aromatic rings. The van der Waals surface area contributed by atoms with Crippen molar-refractivity contribution in [3.63, 3.8) is 0 Å². The lowest BCUT2D eigenvalue weighted by Gasteiger charge is -2.17. The number of hydrogen-bond donors (Lipinski definition) is 1. The monoisotopic (exact) mass is 242 g/mol.